The fourth-order valence-corrected chi connectivity index (χ4v) is 1.73. The Morgan fingerprint density at radius 2 is 1.82 bits per heavy atom. The minimum absolute atomic E-state index is 0.286. The lowest BCUT2D eigenvalue weighted by Crippen LogP contribution is -1.82. The molecule has 0 amide bonds. The molecule has 1 atom stereocenters. The summed E-state index contributed by atoms with van der Waals surface area (Å²) in [5.41, 5.74) is 2.24. The second-order valence-electron chi connectivity index (χ2n) is 3.32. The van der Waals surface area contributed by atoms with Gasteiger partial charge in [-0.2, -0.15) is 10.5 Å². The number of benzene rings is 1. The van der Waals surface area contributed by atoms with Gasteiger partial charge in [-0.1, -0.05) is 12.1 Å². The Bertz CT molecular complexity index is 617. The van der Waals surface area contributed by atoms with Crippen LogP contribution in [0, 0.1) is 22.7 Å². The third kappa shape index (κ3) is 1.99. The van der Waals surface area contributed by atoms with Gasteiger partial charge in [0.1, 0.15) is 23.6 Å². The summed E-state index contributed by atoms with van der Waals surface area (Å²) in [5.74, 6) is 0.716. The molecule has 2 rings (SSSR count). The topological polar surface area (TPSA) is 72.6 Å². The first-order chi connectivity index (χ1) is 8.30. The molecular weight excluding hydrogens is 233 g/mol. The first-order valence-corrected chi connectivity index (χ1v) is 5.26. The van der Waals surface area contributed by atoms with Gasteiger partial charge in [0, 0.05) is 11.8 Å². The van der Waals surface area contributed by atoms with Crippen LogP contribution >= 0.6 is 9.47 Å². The molecule has 4 nitrogen and oxygen atoms in total. The summed E-state index contributed by atoms with van der Waals surface area (Å²) in [6.45, 7) is 0. The molecule has 0 saturated carbocycles. The zero-order valence-corrected chi connectivity index (χ0v) is 9.92. The highest BCUT2D eigenvalue weighted by molar-refractivity contribution is 7.10. The molecular formula is C12H8N3OP. The van der Waals surface area contributed by atoms with Gasteiger partial charge in [0.25, 0.3) is 0 Å². The van der Waals surface area contributed by atoms with Crippen LogP contribution in [0.15, 0.2) is 30.5 Å². The number of nitriles is 2. The van der Waals surface area contributed by atoms with E-state index in [4.69, 9.17) is 15.0 Å². The summed E-state index contributed by atoms with van der Waals surface area (Å²) in [5, 5.41) is 17.9. The summed E-state index contributed by atoms with van der Waals surface area (Å²) in [7, 11) is 2.17. The number of hydrogen-bond donors (Lipinski definition) is 1. The minimum atomic E-state index is 0.286. The van der Waals surface area contributed by atoms with Crippen molar-refractivity contribution in [3.63, 3.8) is 0 Å². The summed E-state index contributed by atoms with van der Waals surface area (Å²) >= 11 is 0. The van der Waals surface area contributed by atoms with Crippen molar-refractivity contribution < 1.29 is 4.52 Å². The molecule has 5 heteroatoms. The van der Waals surface area contributed by atoms with Crippen LogP contribution in [0.2, 0.25) is 0 Å². The van der Waals surface area contributed by atoms with Crippen molar-refractivity contribution in [1.29, 1.82) is 10.5 Å². The quantitative estimate of drug-likeness (QED) is 0.821. The van der Waals surface area contributed by atoms with Crippen LogP contribution in [-0.2, 0) is 0 Å². The summed E-state index contributed by atoms with van der Waals surface area (Å²) in [6, 6.07) is 11.3. The van der Waals surface area contributed by atoms with Gasteiger partial charge in [-0.05, 0) is 17.7 Å². The second-order valence-corrected chi connectivity index (χ2v) is 3.55. The highest BCUT2D eigenvalue weighted by atomic mass is 31.0. The zero-order valence-electron chi connectivity index (χ0n) is 8.77. The Labute approximate surface area is 101 Å². The maximum atomic E-state index is 9.03. The van der Waals surface area contributed by atoms with E-state index < -0.39 is 0 Å². The first-order valence-electron chi connectivity index (χ1n) is 4.79. The molecule has 17 heavy (non-hydrogen) atoms. The summed E-state index contributed by atoms with van der Waals surface area (Å²) in [6.07, 6.45) is 1.66. The van der Waals surface area contributed by atoms with Crippen LogP contribution in [0.4, 0.5) is 0 Å². The van der Waals surface area contributed by atoms with Gasteiger partial charge in [-0.3, -0.25) is 0 Å². The zero-order chi connectivity index (χ0) is 12.3. The van der Waals surface area contributed by atoms with Crippen LogP contribution < -0.4 is 4.52 Å². The molecule has 0 spiro atoms. The lowest BCUT2D eigenvalue weighted by atomic mass is 10.0. The molecule has 82 valence electrons. The number of H-pyrrole nitrogens is 1. The fourth-order valence-electron chi connectivity index (χ4n) is 1.57. The number of aromatic nitrogens is 1. The average Bonchev–Trinajstić information content (AvgIpc) is 2.81. The number of nitrogens with zero attached hydrogens (tertiary/aromatic N) is 2. The largest absolute Gasteiger partial charge is 0.480 e. The average molecular weight is 241 g/mol. The third-order valence-electron chi connectivity index (χ3n) is 2.41. The highest BCUT2D eigenvalue weighted by Gasteiger charge is 2.11. The van der Waals surface area contributed by atoms with Crippen molar-refractivity contribution >= 4 is 9.47 Å². The van der Waals surface area contributed by atoms with Crippen molar-refractivity contribution in [1.82, 2.24) is 4.98 Å². The van der Waals surface area contributed by atoms with E-state index >= 15 is 0 Å². The third-order valence-corrected chi connectivity index (χ3v) is 2.68. The molecule has 0 fully saturated rings. The fraction of sp³-hybridized carbons (Fsp3) is 0. The van der Waals surface area contributed by atoms with E-state index in [1.54, 1.807) is 18.3 Å². The van der Waals surface area contributed by atoms with E-state index in [9.17, 15) is 0 Å². The van der Waals surface area contributed by atoms with Gasteiger partial charge in [0.2, 0.25) is 0 Å². The van der Waals surface area contributed by atoms with E-state index in [-0.39, 0.29) is 5.69 Å². The minimum Gasteiger partial charge on any atom is -0.480 e. The predicted octanol–water partition coefficient (Wildman–Crippen LogP) is 2.59. The Morgan fingerprint density at radius 3 is 2.35 bits per heavy atom. The summed E-state index contributed by atoms with van der Waals surface area (Å²) < 4.78 is 4.98. The Balaban J connectivity index is 2.50. The van der Waals surface area contributed by atoms with E-state index in [1.165, 1.54) is 0 Å². The lowest BCUT2D eigenvalue weighted by Gasteiger charge is -2.01. The maximum absolute atomic E-state index is 9.03. The van der Waals surface area contributed by atoms with Gasteiger partial charge in [0.05, 0.1) is 15.0 Å². The lowest BCUT2D eigenvalue weighted by molar-refractivity contribution is 0.646. The number of nitrogens with one attached hydrogen (secondary N) is 1. The molecule has 0 aliphatic heterocycles. The normalized spacial score (nSPS) is 9.35. The molecule has 0 bridgehead atoms. The monoisotopic (exact) mass is 241 g/mol. The van der Waals surface area contributed by atoms with Crippen molar-refractivity contribution in [2.75, 3.05) is 0 Å². The maximum Gasteiger partial charge on any atom is 0.136 e. The Morgan fingerprint density at radius 1 is 1.12 bits per heavy atom. The van der Waals surface area contributed by atoms with Crippen molar-refractivity contribution in [2.24, 2.45) is 0 Å². The van der Waals surface area contributed by atoms with Crippen LogP contribution in [0.1, 0.15) is 11.3 Å². The van der Waals surface area contributed by atoms with E-state index in [1.807, 2.05) is 24.3 Å². The van der Waals surface area contributed by atoms with Gasteiger partial charge < -0.3 is 9.51 Å². The molecule has 0 radical (unpaired) electrons. The van der Waals surface area contributed by atoms with Gasteiger partial charge in [0.15, 0.2) is 0 Å². The van der Waals surface area contributed by atoms with Gasteiger partial charge in [-0.15, -0.1) is 0 Å². The first kappa shape index (κ1) is 11.2. The van der Waals surface area contributed by atoms with Crippen LogP contribution in [-0.4, -0.2) is 4.98 Å². The number of rotatable bonds is 2. The highest BCUT2D eigenvalue weighted by Crippen LogP contribution is 2.27. The van der Waals surface area contributed by atoms with Gasteiger partial charge in [-0.25, -0.2) is 0 Å². The number of aromatic amines is 1. The second kappa shape index (κ2) is 4.70. The molecule has 1 heterocycles. The molecule has 0 saturated heterocycles. The van der Waals surface area contributed by atoms with Gasteiger partial charge >= 0.3 is 0 Å². The van der Waals surface area contributed by atoms with E-state index in [0.717, 1.165) is 11.1 Å². The van der Waals surface area contributed by atoms with Crippen LogP contribution in [0.5, 0.6) is 5.75 Å². The van der Waals surface area contributed by atoms with Crippen molar-refractivity contribution in [3.05, 3.63) is 41.7 Å². The Kier molecular flexibility index (Phi) is 3.10. The smallest absolute Gasteiger partial charge is 0.136 e. The molecule has 1 unspecified atom stereocenters. The molecule has 1 N–H and O–H groups in total. The number of hydrogen-bond acceptors (Lipinski definition) is 3. The molecule has 0 aliphatic carbocycles. The van der Waals surface area contributed by atoms with Crippen LogP contribution in [0.25, 0.3) is 11.1 Å². The molecule has 2 aromatic rings. The van der Waals surface area contributed by atoms with Crippen LogP contribution in [0.3, 0.4) is 0 Å². The van der Waals surface area contributed by atoms with E-state index in [2.05, 4.69) is 14.5 Å². The molecule has 0 aliphatic rings. The summed E-state index contributed by atoms with van der Waals surface area (Å²) in [4.78, 5) is 2.78. The van der Waals surface area contributed by atoms with E-state index in [0.29, 0.717) is 11.3 Å². The van der Waals surface area contributed by atoms with Crippen molar-refractivity contribution in [2.45, 2.75) is 0 Å². The molecule has 1 aromatic heterocycles. The predicted molar refractivity (Wildman–Crippen MR) is 66.0 cm³/mol. The Hall–Kier alpha value is -2.29. The molecule has 1 aromatic carbocycles. The van der Waals surface area contributed by atoms with Crippen molar-refractivity contribution in [3.8, 4) is 29.0 Å². The SMILES string of the molecule is N#Cc1[nH]cc(-c2ccc(OP)cc2)c1C#N. The standard InChI is InChI=1S/C12H8N3OP/c13-5-10-11(7-15-12(10)6-14)8-1-3-9(16-17)4-2-8/h1-4,7,15H,17H2.